The summed E-state index contributed by atoms with van der Waals surface area (Å²) in [6.45, 7) is 5.32. The van der Waals surface area contributed by atoms with Crippen molar-refractivity contribution in [2.45, 2.75) is 58.2 Å². The van der Waals surface area contributed by atoms with E-state index in [4.69, 9.17) is 25.8 Å². The average molecular weight is 251 g/mol. The van der Waals surface area contributed by atoms with Gasteiger partial charge in [-0.1, -0.05) is 13.8 Å². The van der Waals surface area contributed by atoms with Crippen molar-refractivity contribution in [1.82, 2.24) is 0 Å². The van der Waals surface area contributed by atoms with E-state index < -0.39 is 12.1 Å². The van der Waals surface area contributed by atoms with Crippen LogP contribution in [-0.4, -0.2) is 30.0 Å². The first kappa shape index (κ1) is 13.7. The summed E-state index contributed by atoms with van der Waals surface area (Å²) in [5.74, 6) is -0.637. The first-order valence-electron chi connectivity index (χ1n) is 5.64. The molecule has 0 N–H and O–H groups in total. The van der Waals surface area contributed by atoms with E-state index in [0.717, 1.165) is 0 Å². The third-order valence-electron chi connectivity index (χ3n) is 2.73. The van der Waals surface area contributed by atoms with E-state index >= 15 is 0 Å². The van der Waals surface area contributed by atoms with E-state index in [2.05, 4.69) is 0 Å². The molecule has 0 amide bonds. The third kappa shape index (κ3) is 3.34. The number of carbonyl (C=O) groups excluding carboxylic acids is 1. The van der Waals surface area contributed by atoms with Crippen LogP contribution in [0.4, 0.5) is 0 Å². The minimum atomic E-state index is -0.669. The fraction of sp³-hybridized carbons (Fsp3) is 0.909. The zero-order chi connectivity index (χ0) is 12.2. The van der Waals surface area contributed by atoms with E-state index in [1.165, 1.54) is 6.92 Å². The van der Waals surface area contributed by atoms with Crippen molar-refractivity contribution in [3.05, 3.63) is 0 Å². The first-order chi connectivity index (χ1) is 7.55. The molecule has 0 aromatic carbocycles. The fourth-order valence-electron chi connectivity index (χ4n) is 1.82. The van der Waals surface area contributed by atoms with E-state index in [0.29, 0.717) is 25.1 Å². The molecule has 4 nitrogen and oxygen atoms in total. The van der Waals surface area contributed by atoms with Gasteiger partial charge in [-0.2, -0.15) is 0 Å². The lowest BCUT2D eigenvalue weighted by Crippen LogP contribution is -2.49. The zero-order valence-corrected chi connectivity index (χ0v) is 10.8. The zero-order valence-electron chi connectivity index (χ0n) is 9.99. The highest BCUT2D eigenvalue weighted by atomic mass is 35.5. The summed E-state index contributed by atoms with van der Waals surface area (Å²) < 4.78 is 16.6. The number of alkyl halides is 1. The van der Waals surface area contributed by atoms with Crippen LogP contribution < -0.4 is 0 Å². The van der Waals surface area contributed by atoms with Gasteiger partial charge in [-0.15, -0.1) is 11.6 Å². The lowest BCUT2D eigenvalue weighted by atomic mass is 10.1. The van der Waals surface area contributed by atoms with Crippen LogP contribution in [0.25, 0.3) is 0 Å². The summed E-state index contributed by atoms with van der Waals surface area (Å²) in [6.07, 6.45) is 1.23. The maximum Gasteiger partial charge on any atom is 0.304 e. The molecule has 1 aliphatic rings. The van der Waals surface area contributed by atoms with Crippen LogP contribution in [0.5, 0.6) is 0 Å². The molecule has 0 radical (unpaired) electrons. The molecule has 1 heterocycles. The van der Waals surface area contributed by atoms with Crippen LogP contribution in [0, 0.1) is 0 Å². The highest BCUT2D eigenvalue weighted by Gasteiger charge is 2.41. The van der Waals surface area contributed by atoms with Crippen molar-refractivity contribution < 1.29 is 19.0 Å². The molecule has 2 unspecified atom stereocenters. The van der Waals surface area contributed by atoms with Crippen LogP contribution in [0.2, 0.25) is 0 Å². The van der Waals surface area contributed by atoms with Gasteiger partial charge in [0.2, 0.25) is 6.29 Å². The van der Waals surface area contributed by atoms with E-state index in [1.807, 2.05) is 13.8 Å². The Labute approximate surface area is 101 Å². The van der Waals surface area contributed by atoms with Crippen LogP contribution in [0.15, 0.2) is 0 Å². The van der Waals surface area contributed by atoms with Gasteiger partial charge in [0.25, 0.3) is 0 Å². The molecule has 0 saturated carbocycles. The SMILES string of the molecule is CCC1(CC)OC(CCl)CC(OC(C)=O)O1. The Morgan fingerprint density at radius 1 is 1.44 bits per heavy atom. The topological polar surface area (TPSA) is 44.8 Å². The number of rotatable bonds is 4. The Hall–Kier alpha value is -0.320. The summed E-state index contributed by atoms with van der Waals surface area (Å²) in [5, 5.41) is 0. The molecule has 5 heteroatoms. The van der Waals surface area contributed by atoms with Gasteiger partial charge in [-0.3, -0.25) is 4.79 Å². The van der Waals surface area contributed by atoms with E-state index in [-0.39, 0.29) is 12.1 Å². The predicted molar refractivity (Wildman–Crippen MR) is 60.2 cm³/mol. The van der Waals surface area contributed by atoms with Crippen LogP contribution in [0.3, 0.4) is 0 Å². The number of carbonyl (C=O) groups is 1. The maximum atomic E-state index is 10.9. The van der Waals surface area contributed by atoms with Crippen LogP contribution in [0.1, 0.15) is 40.0 Å². The second kappa shape index (κ2) is 5.84. The van der Waals surface area contributed by atoms with Crippen molar-refractivity contribution >= 4 is 17.6 Å². The lowest BCUT2D eigenvalue weighted by Gasteiger charge is -2.42. The Morgan fingerprint density at radius 3 is 2.50 bits per heavy atom. The normalized spacial score (nSPS) is 28.8. The van der Waals surface area contributed by atoms with Crippen molar-refractivity contribution in [1.29, 1.82) is 0 Å². The molecule has 94 valence electrons. The molecular weight excluding hydrogens is 232 g/mol. The molecule has 0 spiro atoms. The molecule has 1 aliphatic heterocycles. The highest BCUT2D eigenvalue weighted by molar-refractivity contribution is 6.18. The van der Waals surface area contributed by atoms with Crippen LogP contribution >= 0.6 is 11.6 Å². The van der Waals surface area contributed by atoms with E-state index in [1.54, 1.807) is 0 Å². The quantitative estimate of drug-likeness (QED) is 0.568. The maximum absolute atomic E-state index is 10.9. The minimum absolute atomic E-state index is 0.125. The van der Waals surface area contributed by atoms with Gasteiger partial charge in [0.1, 0.15) is 0 Å². The Bertz CT molecular complexity index is 240. The van der Waals surface area contributed by atoms with Crippen molar-refractivity contribution in [3.63, 3.8) is 0 Å². The van der Waals surface area contributed by atoms with E-state index in [9.17, 15) is 4.79 Å². The molecule has 1 rings (SSSR count). The molecule has 1 saturated heterocycles. The summed E-state index contributed by atoms with van der Waals surface area (Å²) in [6, 6.07) is 0. The van der Waals surface area contributed by atoms with Crippen molar-refractivity contribution in [2.75, 3.05) is 5.88 Å². The van der Waals surface area contributed by atoms with Gasteiger partial charge in [0, 0.05) is 19.2 Å². The van der Waals surface area contributed by atoms with Gasteiger partial charge in [-0.25, -0.2) is 0 Å². The predicted octanol–water partition coefficient (Wildman–Crippen LogP) is 2.44. The molecule has 2 atom stereocenters. The van der Waals surface area contributed by atoms with Gasteiger partial charge in [0.05, 0.1) is 6.10 Å². The van der Waals surface area contributed by atoms with Gasteiger partial charge >= 0.3 is 5.97 Å². The third-order valence-corrected chi connectivity index (χ3v) is 3.07. The summed E-state index contributed by atoms with van der Waals surface area (Å²) in [4.78, 5) is 10.9. The number of esters is 1. The Morgan fingerprint density at radius 2 is 2.06 bits per heavy atom. The molecule has 16 heavy (non-hydrogen) atoms. The first-order valence-corrected chi connectivity index (χ1v) is 6.17. The van der Waals surface area contributed by atoms with Crippen molar-refractivity contribution in [3.8, 4) is 0 Å². The second-order valence-corrected chi connectivity index (χ2v) is 4.21. The molecule has 0 bridgehead atoms. The number of halogens is 1. The Kier molecular flexibility index (Phi) is 5.02. The number of ether oxygens (including phenoxy) is 3. The van der Waals surface area contributed by atoms with Gasteiger partial charge in [0.15, 0.2) is 5.79 Å². The largest absolute Gasteiger partial charge is 0.436 e. The van der Waals surface area contributed by atoms with Gasteiger partial charge < -0.3 is 14.2 Å². The second-order valence-electron chi connectivity index (χ2n) is 3.90. The summed E-state index contributed by atoms with van der Waals surface area (Å²) in [5.41, 5.74) is 0. The van der Waals surface area contributed by atoms with Crippen molar-refractivity contribution in [2.24, 2.45) is 0 Å². The lowest BCUT2D eigenvalue weighted by molar-refractivity contribution is -0.356. The average Bonchev–Trinajstić information content (AvgIpc) is 2.27. The molecule has 0 aromatic rings. The summed E-state index contributed by atoms with van der Waals surface area (Å²) in [7, 11) is 0. The fourth-order valence-corrected chi connectivity index (χ4v) is 2.01. The summed E-state index contributed by atoms with van der Waals surface area (Å²) >= 11 is 5.80. The Balaban J connectivity index is 2.71. The highest BCUT2D eigenvalue weighted by Crippen LogP contribution is 2.33. The van der Waals surface area contributed by atoms with Gasteiger partial charge in [-0.05, 0) is 12.8 Å². The molecule has 0 aromatic heterocycles. The number of hydrogen-bond donors (Lipinski definition) is 0. The standard InChI is InChI=1S/C11H19ClO4/c1-4-11(5-2)15-9(7-12)6-10(16-11)14-8(3)13/h9-10H,4-7H2,1-3H3. The minimum Gasteiger partial charge on any atom is -0.436 e. The molecule has 0 aliphatic carbocycles. The monoisotopic (exact) mass is 250 g/mol. The molecular formula is C11H19ClO4. The smallest absolute Gasteiger partial charge is 0.304 e. The molecule has 1 fully saturated rings. The number of hydrogen-bond acceptors (Lipinski definition) is 4. The van der Waals surface area contributed by atoms with Crippen LogP contribution in [-0.2, 0) is 19.0 Å².